The molecule has 5 nitrogen and oxygen atoms in total. The molecule has 0 spiro atoms. The highest BCUT2D eigenvalue weighted by Gasteiger charge is 2.25. The number of carbonyl (C=O) groups excluding carboxylic acids is 1. The fourth-order valence-corrected chi connectivity index (χ4v) is 3.21. The molecule has 1 heterocycles. The van der Waals surface area contributed by atoms with E-state index in [0.29, 0.717) is 25.9 Å². The molecule has 2 N–H and O–H groups in total. The molecule has 0 aliphatic carbocycles. The van der Waals surface area contributed by atoms with Crippen molar-refractivity contribution in [2.24, 2.45) is 5.73 Å². The van der Waals surface area contributed by atoms with E-state index in [4.69, 9.17) is 5.73 Å². The molecule has 17 heavy (non-hydrogen) atoms. The van der Waals surface area contributed by atoms with Crippen LogP contribution >= 0.6 is 0 Å². The van der Waals surface area contributed by atoms with Gasteiger partial charge in [-0.15, -0.1) is 0 Å². The summed E-state index contributed by atoms with van der Waals surface area (Å²) in [4.78, 5) is 13.6. The van der Waals surface area contributed by atoms with E-state index in [1.165, 1.54) is 0 Å². The van der Waals surface area contributed by atoms with Crippen molar-refractivity contribution in [1.29, 1.82) is 0 Å². The molecule has 0 unspecified atom stereocenters. The van der Waals surface area contributed by atoms with E-state index in [2.05, 4.69) is 6.92 Å². The van der Waals surface area contributed by atoms with Crippen molar-refractivity contribution in [3.8, 4) is 0 Å². The predicted octanol–water partition coefficient (Wildman–Crippen LogP) is 0.151. The number of amides is 1. The second-order valence-corrected chi connectivity index (χ2v) is 6.88. The minimum absolute atomic E-state index is 0.0687. The van der Waals surface area contributed by atoms with Crippen molar-refractivity contribution in [2.45, 2.75) is 38.6 Å². The normalized spacial score (nSPS) is 21.9. The van der Waals surface area contributed by atoms with Crippen molar-refractivity contribution < 1.29 is 13.2 Å². The largest absolute Gasteiger partial charge is 0.340 e. The molecule has 1 aliphatic heterocycles. The highest BCUT2D eigenvalue weighted by atomic mass is 32.2. The monoisotopic (exact) mass is 262 g/mol. The molecular weight excluding hydrogens is 240 g/mol. The minimum Gasteiger partial charge on any atom is -0.340 e. The fourth-order valence-electron chi connectivity index (χ4n) is 1.94. The van der Waals surface area contributed by atoms with Crippen molar-refractivity contribution in [3.63, 3.8) is 0 Å². The van der Waals surface area contributed by atoms with Gasteiger partial charge in [0.1, 0.15) is 0 Å². The Balaban J connectivity index is 2.52. The zero-order valence-electron chi connectivity index (χ0n) is 10.4. The first-order valence-corrected chi connectivity index (χ1v) is 8.03. The van der Waals surface area contributed by atoms with Crippen molar-refractivity contribution >= 4 is 15.7 Å². The first-order valence-electron chi connectivity index (χ1n) is 6.21. The first kappa shape index (κ1) is 14.4. The van der Waals surface area contributed by atoms with Crippen molar-refractivity contribution in [2.75, 3.05) is 24.6 Å². The highest BCUT2D eigenvalue weighted by Crippen LogP contribution is 2.08. The van der Waals surface area contributed by atoms with E-state index in [0.717, 1.165) is 12.8 Å². The average Bonchev–Trinajstić information content (AvgIpc) is 2.46. The van der Waals surface area contributed by atoms with E-state index >= 15 is 0 Å². The standard InChI is InChI=1S/C11H22N2O3S/c1-2-3-5-10(12)11(14)13-6-4-8-17(15,16)9-7-13/h10H,2-9,12H2,1H3/t10-/m0/s1. The Bertz CT molecular complexity index is 354. The molecule has 1 atom stereocenters. The number of rotatable bonds is 4. The molecule has 1 rings (SSSR count). The van der Waals surface area contributed by atoms with Crippen molar-refractivity contribution in [3.05, 3.63) is 0 Å². The lowest BCUT2D eigenvalue weighted by Crippen LogP contribution is -2.44. The van der Waals surface area contributed by atoms with E-state index in [-0.39, 0.29) is 17.4 Å². The third kappa shape index (κ3) is 4.63. The second kappa shape index (κ2) is 6.35. The van der Waals surface area contributed by atoms with Gasteiger partial charge in [-0.05, 0) is 12.8 Å². The Morgan fingerprint density at radius 1 is 1.35 bits per heavy atom. The maximum absolute atomic E-state index is 12.0. The predicted molar refractivity (Wildman–Crippen MR) is 67.4 cm³/mol. The summed E-state index contributed by atoms with van der Waals surface area (Å²) < 4.78 is 22.8. The number of nitrogens with two attached hydrogens (primary N) is 1. The van der Waals surface area contributed by atoms with E-state index in [9.17, 15) is 13.2 Å². The van der Waals surface area contributed by atoms with Gasteiger partial charge in [-0.3, -0.25) is 4.79 Å². The number of unbranched alkanes of at least 4 members (excludes halogenated alkanes) is 1. The Kier molecular flexibility index (Phi) is 5.39. The third-order valence-electron chi connectivity index (χ3n) is 3.05. The summed E-state index contributed by atoms with van der Waals surface area (Å²) in [6, 6.07) is -0.476. The minimum atomic E-state index is -2.96. The Morgan fingerprint density at radius 2 is 2.06 bits per heavy atom. The number of hydrogen-bond acceptors (Lipinski definition) is 4. The van der Waals surface area contributed by atoms with Crippen LogP contribution in [0.4, 0.5) is 0 Å². The molecule has 100 valence electrons. The number of hydrogen-bond donors (Lipinski definition) is 1. The maximum Gasteiger partial charge on any atom is 0.239 e. The van der Waals surface area contributed by atoms with Gasteiger partial charge in [0.15, 0.2) is 9.84 Å². The molecule has 0 radical (unpaired) electrons. The van der Waals surface area contributed by atoms with Crippen LogP contribution in [0.5, 0.6) is 0 Å². The van der Waals surface area contributed by atoms with Crippen LogP contribution in [0.1, 0.15) is 32.6 Å². The summed E-state index contributed by atoms with van der Waals surface area (Å²) >= 11 is 0. The van der Waals surface area contributed by atoms with Gasteiger partial charge in [-0.25, -0.2) is 8.42 Å². The molecular formula is C11H22N2O3S. The molecule has 0 aromatic rings. The first-order chi connectivity index (χ1) is 7.96. The Labute approximate surface area is 103 Å². The fraction of sp³-hybridized carbons (Fsp3) is 0.909. The van der Waals surface area contributed by atoms with Gasteiger partial charge in [0.05, 0.1) is 17.5 Å². The molecule has 1 fully saturated rings. The van der Waals surface area contributed by atoms with E-state index in [1.807, 2.05) is 0 Å². The lowest BCUT2D eigenvalue weighted by molar-refractivity contribution is -0.132. The second-order valence-electron chi connectivity index (χ2n) is 4.58. The third-order valence-corrected chi connectivity index (χ3v) is 4.77. The van der Waals surface area contributed by atoms with Gasteiger partial charge < -0.3 is 10.6 Å². The quantitative estimate of drug-likeness (QED) is 0.782. The van der Waals surface area contributed by atoms with Gasteiger partial charge in [0.2, 0.25) is 5.91 Å². The summed E-state index contributed by atoms with van der Waals surface area (Å²) in [7, 11) is -2.96. The van der Waals surface area contributed by atoms with Crippen LogP contribution in [0.2, 0.25) is 0 Å². The van der Waals surface area contributed by atoms with Crippen LogP contribution in [0.3, 0.4) is 0 Å². The van der Waals surface area contributed by atoms with Gasteiger partial charge in [-0.1, -0.05) is 19.8 Å². The summed E-state index contributed by atoms with van der Waals surface area (Å²) in [5.74, 6) is 0.149. The summed E-state index contributed by atoms with van der Waals surface area (Å²) in [5, 5.41) is 0. The molecule has 0 bridgehead atoms. The topological polar surface area (TPSA) is 80.5 Å². The molecule has 6 heteroatoms. The zero-order valence-corrected chi connectivity index (χ0v) is 11.2. The lowest BCUT2D eigenvalue weighted by atomic mass is 10.1. The molecule has 0 saturated carbocycles. The average molecular weight is 262 g/mol. The molecule has 0 aromatic carbocycles. The van der Waals surface area contributed by atoms with Crippen LogP contribution in [-0.2, 0) is 14.6 Å². The molecule has 1 aliphatic rings. The van der Waals surface area contributed by atoms with Crippen LogP contribution in [0.15, 0.2) is 0 Å². The smallest absolute Gasteiger partial charge is 0.239 e. The van der Waals surface area contributed by atoms with Gasteiger partial charge in [0.25, 0.3) is 0 Å². The van der Waals surface area contributed by atoms with Gasteiger partial charge >= 0.3 is 0 Å². The van der Waals surface area contributed by atoms with E-state index < -0.39 is 15.9 Å². The van der Waals surface area contributed by atoms with Gasteiger partial charge in [-0.2, -0.15) is 0 Å². The molecule has 0 aromatic heterocycles. The summed E-state index contributed by atoms with van der Waals surface area (Å²) in [5.41, 5.74) is 5.81. The van der Waals surface area contributed by atoms with Crippen LogP contribution in [0, 0.1) is 0 Å². The zero-order chi connectivity index (χ0) is 12.9. The summed E-state index contributed by atoms with van der Waals surface area (Å²) in [6.07, 6.45) is 3.14. The number of nitrogens with zero attached hydrogens (tertiary/aromatic N) is 1. The lowest BCUT2D eigenvalue weighted by Gasteiger charge is -2.23. The highest BCUT2D eigenvalue weighted by molar-refractivity contribution is 7.91. The number of carbonyl (C=O) groups is 1. The molecule has 1 saturated heterocycles. The maximum atomic E-state index is 12.0. The SMILES string of the molecule is CCCC[C@H](N)C(=O)N1CCCS(=O)(=O)CC1. The van der Waals surface area contributed by atoms with Crippen LogP contribution < -0.4 is 5.73 Å². The number of sulfone groups is 1. The molecule has 1 amide bonds. The summed E-state index contributed by atoms with van der Waals surface area (Å²) in [6.45, 7) is 2.86. The Hall–Kier alpha value is -0.620. The Morgan fingerprint density at radius 3 is 2.71 bits per heavy atom. The van der Waals surface area contributed by atoms with Crippen LogP contribution in [-0.4, -0.2) is 49.9 Å². The van der Waals surface area contributed by atoms with Crippen LogP contribution in [0.25, 0.3) is 0 Å². The van der Waals surface area contributed by atoms with Gasteiger partial charge in [0, 0.05) is 13.1 Å². The van der Waals surface area contributed by atoms with E-state index in [1.54, 1.807) is 4.90 Å². The van der Waals surface area contributed by atoms with Crippen molar-refractivity contribution in [1.82, 2.24) is 4.90 Å².